The van der Waals surface area contributed by atoms with Crippen LogP contribution in [-0.2, 0) is 14.8 Å². The van der Waals surface area contributed by atoms with Gasteiger partial charge in [-0.25, -0.2) is 17.7 Å². The molecule has 8 heteroatoms. The van der Waals surface area contributed by atoms with E-state index in [0.29, 0.717) is 5.82 Å². The highest BCUT2D eigenvalue weighted by Gasteiger charge is 2.39. The standard InChI is InChI=1S/C22H19N3O4S/c26-21-14-18(16-7-2-1-3-8-16)15-25(21)30(28,29)19-10-6-9-17(13-19)22(27)24-20-11-4-5-12-23-20/h1-13,18H,14-15H2,(H,23,24,27)/t18-/m0/s1. The van der Waals surface area contributed by atoms with E-state index in [1.807, 2.05) is 30.3 Å². The van der Waals surface area contributed by atoms with Gasteiger partial charge in [-0.2, -0.15) is 0 Å². The molecule has 7 nitrogen and oxygen atoms in total. The second-order valence-corrected chi connectivity index (χ2v) is 8.80. The van der Waals surface area contributed by atoms with Crippen LogP contribution in [-0.4, -0.2) is 36.1 Å². The molecule has 1 aliphatic rings. The van der Waals surface area contributed by atoms with Crippen molar-refractivity contribution in [3.8, 4) is 0 Å². The molecule has 1 aliphatic heterocycles. The number of amides is 2. The summed E-state index contributed by atoms with van der Waals surface area (Å²) in [5.41, 5.74) is 1.08. The number of sulfonamides is 1. The molecule has 30 heavy (non-hydrogen) atoms. The summed E-state index contributed by atoms with van der Waals surface area (Å²) in [5.74, 6) is -0.770. The lowest BCUT2D eigenvalue weighted by molar-refractivity contribution is -0.123. The van der Waals surface area contributed by atoms with E-state index in [4.69, 9.17) is 0 Å². The zero-order valence-electron chi connectivity index (χ0n) is 15.9. The zero-order chi connectivity index (χ0) is 21.1. The van der Waals surface area contributed by atoms with E-state index >= 15 is 0 Å². The van der Waals surface area contributed by atoms with Crippen LogP contribution in [0.3, 0.4) is 0 Å². The molecule has 152 valence electrons. The molecule has 0 saturated carbocycles. The number of nitrogens with one attached hydrogen (secondary N) is 1. The number of hydrogen-bond donors (Lipinski definition) is 1. The van der Waals surface area contributed by atoms with Crippen LogP contribution in [0, 0.1) is 0 Å². The molecule has 1 saturated heterocycles. The average Bonchev–Trinajstić information content (AvgIpc) is 3.18. The first-order valence-corrected chi connectivity index (χ1v) is 10.8. The molecule has 0 aliphatic carbocycles. The molecule has 2 amide bonds. The Morgan fingerprint density at radius 1 is 1.00 bits per heavy atom. The molecular weight excluding hydrogens is 402 g/mol. The van der Waals surface area contributed by atoms with Gasteiger partial charge >= 0.3 is 0 Å². The first-order valence-electron chi connectivity index (χ1n) is 9.38. The lowest BCUT2D eigenvalue weighted by atomic mass is 9.99. The van der Waals surface area contributed by atoms with Gasteiger partial charge in [0.25, 0.3) is 15.9 Å². The van der Waals surface area contributed by atoms with Gasteiger partial charge in [-0.05, 0) is 35.9 Å². The van der Waals surface area contributed by atoms with E-state index in [1.54, 1.807) is 24.4 Å². The van der Waals surface area contributed by atoms with Crippen LogP contribution in [0.1, 0.15) is 28.3 Å². The van der Waals surface area contributed by atoms with Gasteiger partial charge in [-0.3, -0.25) is 9.59 Å². The number of aromatic nitrogens is 1. The predicted octanol–water partition coefficient (Wildman–Crippen LogP) is 3.04. The van der Waals surface area contributed by atoms with Gasteiger partial charge in [0.15, 0.2) is 0 Å². The quantitative estimate of drug-likeness (QED) is 0.683. The van der Waals surface area contributed by atoms with Gasteiger partial charge in [0.1, 0.15) is 5.82 Å². The first-order chi connectivity index (χ1) is 14.4. The van der Waals surface area contributed by atoms with E-state index in [9.17, 15) is 18.0 Å². The molecular formula is C22H19N3O4S. The summed E-state index contributed by atoms with van der Waals surface area (Å²) >= 11 is 0. The van der Waals surface area contributed by atoms with Gasteiger partial charge in [-0.15, -0.1) is 0 Å². The second kappa shape index (κ2) is 8.08. The number of carbonyl (C=O) groups is 2. The summed E-state index contributed by atoms with van der Waals surface area (Å²) in [7, 11) is -4.07. The Kier molecular flexibility index (Phi) is 5.33. The number of anilines is 1. The second-order valence-electron chi connectivity index (χ2n) is 6.94. The third-order valence-electron chi connectivity index (χ3n) is 4.95. The lowest BCUT2D eigenvalue weighted by Gasteiger charge is -2.17. The Balaban J connectivity index is 1.57. The monoisotopic (exact) mass is 421 g/mol. The maximum Gasteiger partial charge on any atom is 0.266 e. The van der Waals surface area contributed by atoms with Crippen molar-refractivity contribution in [1.82, 2.24) is 9.29 Å². The third-order valence-corrected chi connectivity index (χ3v) is 6.73. The fourth-order valence-corrected chi connectivity index (χ4v) is 4.91. The Morgan fingerprint density at radius 2 is 1.77 bits per heavy atom. The van der Waals surface area contributed by atoms with Crippen LogP contribution in [0.5, 0.6) is 0 Å². The van der Waals surface area contributed by atoms with Crippen molar-refractivity contribution < 1.29 is 18.0 Å². The van der Waals surface area contributed by atoms with Crippen molar-refractivity contribution in [3.63, 3.8) is 0 Å². The van der Waals surface area contributed by atoms with Gasteiger partial charge in [0.05, 0.1) is 4.90 Å². The number of nitrogens with zero attached hydrogens (tertiary/aromatic N) is 2. The smallest absolute Gasteiger partial charge is 0.266 e. The summed E-state index contributed by atoms with van der Waals surface area (Å²) in [6.07, 6.45) is 1.67. The maximum absolute atomic E-state index is 13.1. The van der Waals surface area contributed by atoms with Crippen molar-refractivity contribution >= 4 is 27.7 Å². The van der Waals surface area contributed by atoms with Crippen molar-refractivity contribution in [2.75, 3.05) is 11.9 Å². The number of pyridine rings is 1. The Labute approximate surface area is 174 Å². The third kappa shape index (κ3) is 3.95. The minimum Gasteiger partial charge on any atom is -0.307 e. The molecule has 0 unspecified atom stereocenters. The van der Waals surface area contributed by atoms with Crippen LogP contribution in [0.25, 0.3) is 0 Å². The Bertz CT molecular complexity index is 1180. The fraction of sp³-hybridized carbons (Fsp3) is 0.136. The highest BCUT2D eigenvalue weighted by molar-refractivity contribution is 7.89. The van der Waals surface area contributed by atoms with Crippen molar-refractivity contribution in [3.05, 3.63) is 90.1 Å². The molecule has 1 N–H and O–H groups in total. The largest absolute Gasteiger partial charge is 0.307 e. The number of carbonyl (C=O) groups excluding carboxylic acids is 2. The summed E-state index contributed by atoms with van der Waals surface area (Å²) in [5, 5.41) is 2.62. The van der Waals surface area contributed by atoms with E-state index in [2.05, 4.69) is 10.3 Å². The van der Waals surface area contributed by atoms with E-state index < -0.39 is 21.8 Å². The molecule has 2 heterocycles. The van der Waals surface area contributed by atoms with Crippen molar-refractivity contribution in [1.29, 1.82) is 0 Å². The van der Waals surface area contributed by atoms with Gasteiger partial charge in [0, 0.05) is 30.6 Å². The van der Waals surface area contributed by atoms with Gasteiger partial charge < -0.3 is 5.32 Å². The maximum atomic E-state index is 13.1. The molecule has 2 aromatic carbocycles. The van der Waals surface area contributed by atoms with Crippen LogP contribution in [0.15, 0.2) is 83.9 Å². The molecule has 1 aromatic heterocycles. The summed E-state index contributed by atoms with van der Waals surface area (Å²) < 4.78 is 27.1. The molecule has 0 spiro atoms. The normalized spacial score (nSPS) is 16.5. The summed E-state index contributed by atoms with van der Waals surface area (Å²) in [4.78, 5) is 28.9. The fourth-order valence-electron chi connectivity index (χ4n) is 3.41. The lowest BCUT2D eigenvalue weighted by Crippen LogP contribution is -2.32. The molecule has 0 radical (unpaired) electrons. The van der Waals surface area contributed by atoms with E-state index in [1.165, 1.54) is 24.3 Å². The molecule has 1 atom stereocenters. The topological polar surface area (TPSA) is 96.4 Å². The molecule has 3 aromatic rings. The number of rotatable bonds is 5. The van der Waals surface area contributed by atoms with Crippen molar-refractivity contribution in [2.45, 2.75) is 17.2 Å². The summed E-state index contributed by atoms with van der Waals surface area (Å²) in [6.45, 7) is 0.0789. The number of benzene rings is 2. The highest BCUT2D eigenvalue weighted by Crippen LogP contribution is 2.32. The van der Waals surface area contributed by atoms with Crippen LogP contribution in [0.4, 0.5) is 5.82 Å². The van der Waals surface area contributed by atoms with Crippen LogP contribution in [0.2, 0.25) is 0 Å². The van der Waals surface area contributed by atoms with E-state index in [-0.39, 0.29) is 29.3 Å². The van der Waals surface area contributed by atoms with Crippen LogP contribution < -0.4 is 5.32 Å². The Morgan fingerprint density at radius 3 is 2.50 bits per heavy atom. The van der Waals surface area contributed by atoms with Gasteiger partial charge in [0.2, 0.25) is 5.91 Å². The Hall–Kier alpha value is -3.52. The first kappa shape index (κ1) is 19.8. The predicted molar refractivity (Wildman–Crippen MR) is 111 cm³/mol. The molecule has 0 bridgehead atoms. The van der Waals surface area contributed by atoms with Gasteiger partial charge in [-0.1, -0.05) is 42.5 Å². The molecule has 1 fully saturated rings. The summed E-state index contributed by atoms with van der Waals surface area (Å²) in [6, 6.07) is 20.1. The average molecular weight is 421 g/mol. The van der Waals surface area contributed by atoms with Crippen LogP contribution >= 0.6 is 0 Å². The van der Waals surface area contributed by atoms with Crippen molar-refractivity contribution in [2.24, 2.45) is 0 Å². The highest BCUT2D eigenvalue weighted by atomic mass is 32.2. The zero-order valence-corrected chi connectivity index (χ0v) is 16.7. The minimum absolute atomic E-state index is 0.0789. The number of hydrogen-bond acceptors (Lipinski definition) is 5. The SMILES string of the molecule is O=C(Nc1ccccn1)c1cccc(S(=O)(=O)N2C[C@@H](c3ccccc3)CC2=O)c1. The minimum atomic E-state index is -4.07. The van der Waals surface area contributed by atoms with E-state index in [0.717, 1.165) is 9.87 Å². The molecule has 4 rings (SSSR count).